The van der Waals surface area contributed by atoms with Gasteiger partial charge in [0, 0.05) is 22.5 Å². The average molecular weight is 544 g/mol. The lowest BCUT2D eigenvalue weighted by atomic mass is 10.1. The summed E-state index contributed by atoms with van der Waals surface area (Å²) < 4.78 is 35.4. The zero-order valence-corrected chi connectivity index (χ0v) is 22.2. The number of hydrogen-bond acceptors (Lipinski definition) is 4. The molecular formula is C28H28Cl2N2O3S. The normalized spacial score (nSPS) is 14.8. The standard InChI is InChI=1S/C28H28Cl2N2O3S/c29-21-13-15-22(16-14-21)36(33,34)32-25-11-4-2-9-23(25)27(30)28(32)24-10-3-5-12-26(24)35-20-8-19-31-17-6-1-7-18-31/h2-5,9-16H,1,6-8,17-20H2. The molecule has 0 N–H and O–H groups in total. The molecule has 1 aliphatic heterocycles. The van der Waals surface area contributed by atoms with Gasteiger partial charge in [-0.3, -0.25) is 0 Å². The van der Waals surface area contributed by atoms with Crippen molar-refractivity contribution in [3.05, 3.63) is 82.8 Å². The van der Waals surface area contributed by atoms with Gasteiger partial charge in [0.1, 0.15) is 5.75 Å². The maximum atomic E-state index is 13.9. The number of piperidine rings is 1. The summed E-state index contributed by atoms with van der Waals surface area (Å²) in [6, 6.07) is 20.9. The van der Waals surface area contributed by atoms with Crippen LogP contribution in [0.1, 0.15) is 25.7 Å². The van der Waals surface area contributed by atoms with Crippen molar-refractivity contribution < 1.29 is 13.2 Å². The van der Waals surface area contributed by atoms with Gasteiger partial charge in [-0.2, -0.15) is 0 Å². The van der Waals surface area contributed by atoms with E-state index in [1.165, 1.54) is 35.4 Å². The fourth-order valence-electron chi connectivity index (χ4n) is 4.80. The number of aromatic nitrogens is 1. The molecule has 188 valence electrons. The van der Waals surface area contributed by atoms with E-state index in [-0.39, 0.29) is 4.90 Å². The second-order valence-corrected chi connectivity index (χ2v) is 11.6. The lowest BCUT2D eigenvalue weighted by molar-refractivity contribution is 0.205. The van der Waals surface area contributed by atoms with Gasteiger partial charge in [-0.05, 0) is 74.8 Å². The second kappa shape index (κ2) is 10.9. The molecule has 0 bridgehead atoms. The highest BCUT2D eigenvalue weighted by atomic mass is 35.5. The van der Waals surface area contributed by atoms with Crippen molar-refractivity contribution in [2.75, 3.05) is 26.2 Å². The van der Waals surface area contributed by atoms with Crippen LogP contribution >= 0.6 is 23.2 Å². The van der Waals surface area contributed by atoms with Crippen LogP contribution in [0.4, 0.5) is 0 Å². The first kappa shape index (κ1) is 25.2. The largest absolute Gasteiger partial charge is 0.493 e. The molecule has 0 radical (unpaired) electrons. The van der Waals surface area contributed by atoms with E-state index in [1.807, 2.05) is 36.4 Å². The quantitative estimate of drug-likeness (QED) is 0.222. The summed E-state index contributed by atoms with van der Waals surface area (Å²) >= 11 is 12.9. The van der Waals surface area contributed by atoms with Crippen LogP contribution in [-0.4, -0.2) is 43.5 Å². The van der Waals surface area contributed by atoms with Gasteiger partial charge in [-0.1, -0.05) is 60.0 Å². The minimum atomic E-state index is -3.99. The summed E-state index contributed by atoms with van der Waals surface area (Å²) in [6.45, 7) is 3.83. The Morgan fingerprint density at radius 1 is 0.833 bits per heavy atom. The maximum Gasteiger partial charge on any atom is 0.268 e. The van der Waals surface area contributed by atoms with Gasteiger partial charge >= 0.3 is 0 Å². The molecule has 0 atom stereocenters. The van der Waals surface area contributed by atoms with Crippen LogP contribution in [0, 0.1) is 0 Å². The molecule has 0 amide bonds. The van der Waals surface area contributed by atoms with E-state index in [2.05, 4.69) is 4.90 Å². The summed E-state index contributed by atoms with van der Waals surface area (Å²) in [7, 11) is -3.99. The Bertz CT molecular complexity index is 1460. The summed E-state index contributed by atoms with van der Waals surface area (Å²) in [4.78, 5) is 2.61. The lowest BCUT2D eigenvalue weighted by Gasteiger charge is -2.26. The van der Waals surface area contributed by atoms with E-state index in [0.29, 0.717) is 44.6 Å². The SMILES string of the molecule is O=S(=O)(c1ccc(Cl)cc1)n1c(-c2ccccc2OCCCN2CCCCC2)c(Cl)c2ccccc21. The van der Waals surface area contributed by atoms with Crippen molar-refractivity contribution in [2.45, 2.75) is 30.6 Å². The molecule has 1 aromatic heterocycles. The van der Waals surface area contributed by atoms with Crippen molar-refractivity contribution >= 4 is 44.1 Å². The van der Waals surface area contributed by atoms with E-state index in [1.54, 1.807) is 24.3 Å². The molecule has 0 saturated carbocycles. The smallest absolute Gasteiger partial charge is 0.268 e. The molecule has 5 nitrogen and oxygen atoms in total. The Morgan fingerprint density at radius 3 is 2.31 bits per heavy atom. The minimum absolute atomic E-state index is 0.130. The predicted octanol–water partition coefficient (Wildman–Crippen LogP) is 7.11. The zero-order chi connectivity index (χ0) is 25.1. The molecule has 1 aliphatic rings. The van der Waals surface area contributed by atoms with Gasteiger partial charge in [0.15, 0.2) is 0 Å². The van der Waals surface area contributed by atoms with Crippen LogP contribution in [0.3, 0.4) is 0 Å². The molecule has 2 heterocycles. The van der Waals surface area contributed by atoms with E-state index >= 15 is 0 Å². The number of ether oxygens (including phenoxy) is 1. The van der Waals surface area contributed by atoms with Crippen LogP contribution in [0.5, 0.6) is 5.75 Å². The first-order valence-corrected chi connectivity index (χ1v) is 14.4. The first-order chi connectivity index (χ1) is 17.5. The van der Waals surface area contributed by atoms with Crippen molar-refractivity contribution in [3.63, 3.8) is 0 Å². The van der Waals surface area contributed by atoms with Crippen LogP contribution in [0.25, 0.3) is 22.2 Å². The third-order valence-electron chi connectivity index (χ3n) is 6.59. The maximum absolute atomic E-state index is 13.9. The van der Waals surface area contributed by atoms with Crippen molar-refractivity contribution in [2.24, 2.45) is 0 Å². The lowest BCUT2D eigenvalue weighted by Crippen LogP contribution is -2.31. The topological polar surface area (TPSA) is 51.5 Å². The first-order valence-electron chi connectivity index (χ1n) is 12.2. The molecule has 0 unspecified atom stereocenters. The average Bonchev–Trinajstić information content (AvgIpc) is 3.21. The highest BCUT2D eigenvalue weighted by Gasteiger charge is 2.28. The summed E-state index contributed by atoms with van der Waals surface area (Å²) in [6.07, 6.45) is 4.73. The second-order valence-electron chi connectivity index (χ2n) is 9.00. The van der Waals surface area contributed by atoms with Crippen molar-refractivity contribution in [1.29, 1.82) is 0 Å². The van der Waals surface area contributed by atoms with E-state index in [0.717, 1.165) is 26.1 Å². The Hall–Kier alpha value is -2.51. The monoisotopic (exact) mass is 542 g/mol. The highest BCUT2D eigenvalue weighted by Crippen LogP contribution is 2.43. The molecule has 0 spiro atoms. The Labute approximate surface area is 222 Å². The van der Waals surface area contributed by atoms with E-state index in [4.69, 9.17) is 27.9 Å². The minimum Gasteiger partial charge on any atom is -0.493 e. The summed E-state index contributed by atoms with van der Waals surface area (Å²) in [5, 5.41) is 1.49. The van der Waals surface area contributed by atoms with Crippen LogP contribution in [-0.2, 0) is 10.0 Å². The van der Waals surface area contributed by atoms with Crippen LogP contribution in [0.2, 0.25) is 10.0 Å². The zero-order valence-electron chi connectivity index (χ0n) is 19.9. The molecule has 36 heavy (non-hydrogen) atoms. The molecule has 1 fully saturated rings. The molecular weight excluding hydrogens is 515 g/mol. The number of rotatable bonds is 8. The van der Waals surface area contributed by atoms with Crippen molar-refractivity contribution in [1.82, 2.24) is 8.87 Å². The van der Waals surface area contributed by atoms with Gasteiger partial charge < -0.3 is 9.64 Å². The number of benzene rings is 3. The number of fused-ring (bicyclic) bond motifs is 1. The van der Waals surface area contributed by atoms with Gasteiger partial charge in [-0.15, -0.1) is 0 Å². The Balaban J connectivity index is 1.54. The van der Waals surface area contributed by atoms with Crippen LogP contribution < -0.4 is 4.74 Å². The predicted molar refractivity (Wildman–Crippen MR) is 147 cm³/mol. The molecule has 1 saturated heterocycles. The number of likely N-dealkylation sites (tertiary alicyclic amines) is 1. The van der Waals surface area contributed by atoms with Gasteiger partial charge in [0.05, 0.1) is 27.7 Å². The third-order valence-corrected chi connectivity index (χ3v) is 8.95. The van der Waals surface area contributed by atoms with Gasteiger partial charge in [0.25, 0.3) is 10.0 Å². The third kappa shape index (κ3) is 5.00. The fourth-order valence-corrected chi connectivity index (χ4v) is 6.87. The summed E-state index contributed by atoms with van der Waals surface area (Å²) in [5.41, 5.74) is 1.53. The number of nitrogens with zero attached hydrogens (tertiary/aromatic N) is 2. The van der Waals surface area contributed by atoms with E-state index < -0.39 is 10.0 Å². The molecule has 8 heteroatoms. The Kier molecular flexibility index (Phi) is 7.58. The fraction of sp³-hybridized carbons (Fsp3) is 0.286. The number of halogens is 2. The highest BCUT2D eigenvalue weighted by molar-refractivity contribution is 7.90. The van der Waals surface area contributed by atoms with Crippen LogP contribution in [0.15, 0.2) is 77.7 Å². The molecule has 5 rings (SSSR count). The number of para-hydroxylation sites is 2. The van der Waals surface area contributed by atoms with Gasteiger partial charge in [-0.25, -0.2) is 12.4 Å². The van der Waals surface area contributed by atoms with Crippen molar-refractivity contribution in [3.8, 4) is 17.0 Å². The molecule has 4 aromatic rings. The summed E-state index contributed by atoms with van der Waals surface area (Å²) in [5.74, 6) is 0.605. The molecule has 0 aliphatic carbocycles. The van der Waals surface area contributed by atoms with Gasteiger partial charge in [0.2, 0.25) is 0 Å². The molecule has 3 aromatic carbocycles. The van der Waals surface area contributed by atoms with E-state index in [9.17, 15) is 8.42 Å². The number of hydrogen-bond donors (Lipinski definition) is 0. The Morgan fingerprint density at radius 2 is 1.53 bits per heavy atom.